The Bertz CT molecular complexity index is 234. The molecule has 1 heterocycles. The quantitative estimate of drug-likeness (QED) is 0.863. The third-order valence-corrected chi connectivity index (χ3v) is 2.57. The van der Waals surface area contributed by atoms with Gasteiger partial charge < -0.3 is 9.73 Å². The van der Waals surface area contributed by atoms with E-state index in [9.17, 15) is 0 Å². The molecule has 1 aromatic heterocycles. The van der Waals surface area contributed by atoms with Crippen molar-refractivity contribution in [1.82, 2.24) is 5.32 Å². The summed E-state index contributed by atoms with van der Waals surface area (Å²) < 4.78 is 6.42. The molecule has 2 nitrogen and oxygen atoms in total. The minimum atomic E-state index is 0.474. The molecule has 0 aliphatic carbocycles. The van der Waals surface area contributed by atoms with Gasteiger partial charge in [-0.15, -0.1) is 0 Å². The Morgan fingerprint density at radius 1 is 1.67 bits per heavy atom. The summed E-state index contributed by atoms with van der Waals surface area (Å²) in [5, 5.41) is 3.12. The van der Waals surface area contributed by atoms with Gasteiger partial charge in [-0.1, -0.05) is 6.92 Å². The Balaban J connectivity index is 2.52. The van der Waals surface area contributed by atoms with Crippen LogP contribution >= 0.6 is 15.9 Å². The van der Waals surface area contributed by atoms with Crippen LogP contribution in [0.2, 0.25) is 0 Å². The van der Waals surface area contributed by atoms with Gasteiger partial charge in [0.2, 0.25) is 0 Å². The van der Waals surface area contributed by atoms with E-state index in [0.717, 1.165) is 23.2 Å². The number of furan rings is 1. The van der Waals surface area contributed by atoms with Crippen molar-refractivity contribution in [3.8, 4) is 0 Å². The van der Waals surface area contributed by atoms with Crippen molar-refractivity contribution in [2.45, 2.75) is 19.3 Å². The van der Waals surface area contributed by atoms with Gasteiger partial charge in [0.15, 0.2) is 0 Å². The highest BCUT2D eigenvalue weighted by atomic mass is 79.9. The number of rotatable bonds is 4. The standard InChI is InChI=1S/C9H14BrNO/c1-7(3-5-11-2)9-8(10)4-6-12-9/h4,6-7,11H,3,5H2,1-2H3. The lowest BCUT2D eigenvalue weighted by Crippen LogP contribution is -2.10. The van der Waals surface area contributed by atoms with Crippen LogP contribution in [-0.2, 0) is 0 Å². The van der Waals surface area contributed by atoms with E-state index in [-0.39, 0.29) is 0 Å². The van der Waals surface area contributed by atoms with Crippen molar-refractivity contribution in [2.24, 2.45) is 0 Å². The van der Waals surface area contributed by atoms with E-state index in [4.69, 9.17) is 4.42 Å². The van der Waals surface area contributed by atoms with Gasteiger partial charge in [-0.25, -0.2) is 0 Å². The molecule has 0 radical (unpaired) electrons. The van der Waals surface area contributed by atoms with Gasteiger partial charge in [0.05, 0.1) is 10.7 Å². The SMILES string of the molecule is CNCCC(C)c1occc1Br. The molecule has 0 spiro atoms. The molecular formula is C9H14BrNO. The second-order valence-electron chi connectivity index (χ2n) is 2.93. The average Bonchev–Trinajstić information content (AvgIpc) is 2.47. The summed E-state index contributed by atoms with van der Waals surface area (Å²) in [4.78, 5) is 0. The van der Waals surface area contributed by atoms with Crippen LogP contribution in [0.4, 0.5) is 0 Å². The molecule has 0 saturated carbocycles. The molecule has 0 saturated heterocycles. The molecule has 1 aromatic rings. The maximum atomic E-state index is 5.35. The summed E-state index contributed by atoms with van der Waals surface area (Å²) in [6, 6.07) is 1.94. The Morgan fingerprint density at radius 2 is 2.42 bits per heavy atom. The number of hydrogen-bond acceptors (Lipinski definition) is 2. The van der Waals surface area contributed by atoms with Gasteiger partial charge in [-0.3, -0.25) is 0 Å². The highest BCUT2D eigenvalue weighted by Gasteiger charge is 2.11. The normalized spacial score (nSPS) is 13.2. The Kier molecular flexibility index (Phi) is 3.82. The topological polar surface area (TPSA) is 25.2 Å². The summed E-state index contributed by atoms with van der Waals surface area (Å²) in [5.41, 5.74) is 0. The lowest BCUT2D eigenvalue weighted by Gasteiger charge is -2.07. The first-order valence-corrected chi connectivity index (χ1v) is 4.92. The van der Waals surface area contributed by atoms with Crippen LogP contribution in [0, 0.1) is 0 Å². The molecule has 1 atom stereocenters. The van der Waals surface area contributed by atoms with Gasteiger partial charge in [0, 0.05) is 5.92 Å². The summed E-state index contributed by atoms with van der Waals surface area (Å²) in [6.45, 7) is 3.19. The van der Waals surface area contributed by atoms with Gasteiger partial charge in [-0.05, 0) is 42.0 Å². The lowest BCUT2D eigenvalue weighted by atomic mass is 10.1. The van der Waals surface area contributed by atoms with Crippen LogP contribution in [0.5, 0.6) is 0 Å². The molecule has 12 heavy (non-hydrogen) atoms. The molecule has 0 aliphatic rings. The molecule has 0 aromatic carbocycles. The summed E-state index contributed by atoms with van der Waals surface area (Å²) in [7, 11) is 1.96. The van der Waals surface area contributed by atoms with Crippen molar-refractivity contribution in [2.75, 3.05) is 13.6 Å². The van der Waals surface area contributed by atoms with E-state index in [1.165, 1.54) is 0 Å². The zero-order chi connectivity index (χ0) is 8.97. The van der Waals surface area contributed by atoms with E-state index in [1.54, 1.807) is 6.26 Å². The second kappa shape index (κ2) is 4.67. The van der Waals surface area contributed by atoms with Crippen LogP contribution < -0.4 is 5.32 Å². The molecule has 3 heteroatoms. The van der Waals surface area contributed by atoms with Gasteiger partial charge in [0.25, 0.3) is 0 Å². The Labute approximate surface area is 81.5 Å². The zero-order valence-electron chi connectivity index (χ0n) is 7.43. The van der Waals surface area contributed by atoms with Gasteiger partial charge in [0.1, 0.15) is 5.76 Å². The van der Waals surface area contributed by atoms with E-state index < -0.39 is 0 Å². The van der Waals surface area contributed by atoms with Crippen molar-refractivity contribution in [3.63, 3.8) is 0 Å². The fourth-order valence-electron chi connectivity index (χ4n) is 1.15. The molecule has 0 aliphatic heterocycles. The monoisotopic (exact) mass is 231 g/mol. The molecule has 0 bridgehead atoms. The summed E-state index contributed by atoms with van der Waals surface area (Å²) in [5.74, 6) is 1.52. The largest absolute Gasteiger partial charge is 0.468 e. The first-order chi connectivity index (χ1) is 5.75. The van der Waals surface area contributed by atoms with E-state index in [0.29, 0.717) is 5.92 Å². The molecule has 1 rings (SSSR count). The number of halogens is 1. The minimum absolute atomic E-state index is 0.474. The first-order valence-electron chi connectivity index (χ1n) is 4.13. The molecule has 1 N–H and O–H groups in total. The number of hydrogen-bond donors (Lipinski definition) is 1. The van der Waals surface area contributed by atoms with Crippen molar-refractivity contribution in [1.29, 1.82) is 0 Å². The second-order valence-corrected chi connectivity index (χ2v) is 3.78. The summed E-state index contributed by atoms with van der Waals surface area (Å²) in [6.07, 6.45) is 2.82. The Morgan fingerprint density at radius 3 is 2.92 bits per heavy atom. The average molecular weight is 232 g/mol. The maximum absolute atomic E-state index is 5.35. The van der Waals surface area contributed by atoms with Crippen LogP contribution in [0.25, 0.3) is 0 Å². The number of nitrogens with one attached hydrogen (secondary N) is 1. The highest BCUT2D eigenvalue weighted by Crippen LogP contribution is 2.27. The molecule has 1 unspecified atom stereocenters. The van der Waals surface area contributed by atoms with Crippen LogP contribution in [0.15, 0.2) is 21.2 Å². The smallest absolute Gasteiger partial charge is 0.120 e. The fourth-order valence-corrected chi connectivity index (χ4v) is 1.74. The van der Waals surface area contributed by atoms with E-state index >= 15 is 0 Å². The summed E-state index contributed by atoms with van der Waals surface area (Å²) >= 11 is 3.44. The highest BCUT2D eigenvalue weighted by molar-refractivity contribution is 9.10. The molecule has 0 fully saturated rings. The third kappa shape index (κ3) is 2.35. The van der Waals surface area contributed by atoms with E-state index in [1.807, 2.05) is 13.1 Å². The minimum Gasteiger partial charge on any atom is -0.468 e. The first kappa shape index (κ1) is 9.81. The van der Waals surface area contributed by atoms with Crippen LogP contribution in [0.3, 0.4) is 0 Å². The Hall–Kier alpha value is -0.280. The van der Waals surface area contributed by atoms with Gasteiger partial charge in [-0.2, -0.15) is 0 Å². The fraction of sp³-hybridized carbons (Fsp3) is 0.556. The van der Waals surface area contributed by atoms with Crippen LogP contribution in [-0.4, -0.2) is 13.6 Å². The third-order valence-electron chi connectivity index (χ3n) is 1.92. The predicted octanol–water partition coefficient (Wildman–Crippen LogP) is 2.76. The van der Waals surface area contributed by atoms with Gasteiger partial charge >= 0.3 is 0 Å². The molecular weight excluding hydrogens is 218 g/mol. The lowest BCUT2D eigenvalue weighted by molar-refractivity contribution is 0.456. The predicted molar refractivity (Wildman–Crippen MR) is 53.4 cm³/mol. The van der Waals surface area contributed by atoms with E-state index in [2.05, 4.69) is 28.2 Å². The maximum Gasteiger partial charge on any atom is 0.120 e. The van der Waals surface area contributed by atoms with Crippen molar-refractivity contribution >= 4 is 15.9 Å². The van der Waals surface area contributed by atoms with Crippen LogP contribution in [0.1, 0.15) is 25.0 Å². The molecule has 0 amide bonds. The van der Waals surface area contributed by atoms with Crippen molar-refractivity contribution in [3.05, 3.63) is 22.6 Å². The zero-order valence-corrected chi connectivity index (χ0v) is 9.02. The van der Waals surface area contributed by atoms with Crippen molar-refractivity contribution < 1.29 is 4.42 Å². The molecule has 68 valence electrons.